The molecule has 0 aromatic rings. The summed E-state index contributed by atoms with van der Waals surface area (Å²) in [6.45, 7) is 7.49. The van der Waals surface area contributed by atoms with Crippen LogP contribution in [-0.2, 0) is 9.47 Å². The van der Waals surface area contributed by atoms with E-state index in [1.807, 2.05) is 27.7 Å². The Kier molecular flexibility index (Phi) is 4.12. The first-order chi connectivity index (χ1) is 6.85. The zero-order valence-corrected chi connectivity index (χ0v) is 9.93. The minimum atomic E-state index is -0.576. The van der Waals surface area contributed by atoms with Crippen molar-refractivity contribution in [2.75, 3.05) is 6.61 Å². The van der Waals surface area contributed by atoms with Gasteiger partial charge < -0.3 is 19.7 Å². The first-order valence-electron chi connectivity index (χ1n) is 5.48. The summed E-state index contributed by atoms with van der Waals surface area (Å²) in [5, 5.41) is 19.1. The predicted octanol–water partition coefficient (Wildman–Crippen LogP) is 0.701. The van der Waals surface area contributed by atoms with Crippen LogP contribution in [0.4, 0.5) is 0 Å². The lowest BCUT2D eigenvalue weighted by atomic mass is 9.90. The molecule has 0 bridgehead atoms. The van der Waals surface area contributed by atoms with Crippen molar-refractivity contribution >= 4 is 0 Å². The maximum atomic E-state index is 9.94. The average Bonchev–Trinajstić information content (AvgIpc) is 2.08. The van der Waals surface area contributed by atoms with E-state index in [1.165, 1.54) is 0 Å². The molecular formula is C11H22O4. The summed E-state index contributed by atoms with van der Waals surface area (Å²) in [6.07, 6.45) is -0.896. The van der Waals surface area contributed by atoms with Crippen LogP contribution in [0.3, 0.4) is 0 Å². The van der Waals surface area contributed by atoms with Crippen molar-refractivity contribution in [1.29, 1.82) is 0 Å². The summed E-state index contributed by atoms with van der Waals surface area (Å²) in [6, 6.07) is 0. The van der Waals surface area contributed by atoms with Crippen LogP contribution in [0.2, 0.25) is 0 Å². The molecule has 3 atom stereocenters. The molecule has 0 aromatic heterocycles. The lowest BCUT2D eigenvalue weighted by Crippen LogP contribution is -2.55. The van der Waals surface area contributed by atoms with Gasteiger partial charge in [0.1, 0.15) is 12.2 Å². The minimum absolute atomic E-state index is 0.0171. The molecule has 1 aliphatic rings. The van der Waals surface area contributed by atoms with Crippen molar-refractivity contribution in [3.8, 4) is 0 Å². The molecule has 4 nitrogen and oxygen atoms in total. The number of ether oxygens (including phenoxy) is 2. The molecule has 2 N–H and O–H groups in total. The van der Waals surface area contributed by atoms with Crippen molar-refractivity contribution in [3.63, 3.8) is 0 Å². The van der Waals surface area contributed by atoms with Gasteiger partial charge in [-0.25, -0.2) is 0 Å². The quantitative estimate of drug-likeness (QED) is 0.732. The molecule has 4 heteroatoms. The van der Waals surface area contributed by atoms with Crippen molar-refractivity contribution in [1.82, 2.24) is 0 Å². The fourth-order valence-electron chi connectivity index (χ4n) is 2.03. The molecule has 90 valence electrons. The summed E-state index contributed by atoms with van der Waals surface area (Å²) >= 11 is 0. The highest BCUT2D eigenvalue weighted by Crippen LogP contribution is 2.30. The number of hydrogen-bond acceptors (Lipinski definition) is 4. The monoisotopic (exact) mass is 218 g/mol. The van der Waals surface area contributed by atoms with E-state index in [0.29, 0.717) is 6.42 Å². The summed E-state index contributed by atoms with van der Waals surface area (Å²) in [5.74, 6) is 0. The molecule has 2 unspecified atom stereocenters. The van der Waals surface area contributed by atoms with Crippen LogP contribution < -0.4 is 0 Å². The molecule has 15 heavy (non-hydrogen) atoms. The summed E-state index contributed by atoms with van der Waals surface area (Å²) in [7, 11) is 0. The van der Waals surface area contributed by atoms with Gasteiger partial charge >= 0.3 is 0 Å². The summed E-state index contributed by atoms with van der Waals surface area (Å²) in [5.41, 5.74) is -0.399. The maximum Gasteiger partial charge on any atom is 0.112 e. The van der Waals surface area contributed by atoms with Gasteiger partial charge in [0.2, 0.25) is 0 Å². The molecular weight excluding hydrogens is 196 g/mol. The topological polar surface area (TPSA) is 58.9 Å². The Hall–Kier alpha value is -0.160. The van der Waals surface area contributed by atoms with Crippen LogP contribution >= 0.6 is 0 Å². The SMILES string of the molecule is CC(C)OC1C(CO)OC(C)(C)C[C@@H]1O. The molecule has 1 heterocycles. The molecule has 0 saturated carbocycles. The number of aliphatic hydroxyl groups is 2. The van der Waals surface area contributed by atoms with Gasteiger partial charge in [0.05, 0.1) is 24.4 Å². The summed E-state index contributed by atoms with van der Waals surface area (Å²) in [4.78, 5) is 0. The molecule has 0 amide bonds. The third-order valence-corrected chi connectivity index (χ3v) is 2.53. The van der Waals surface area contributed by atoms with Crippen LogP contribution in [0.15, 0.2) is 0 Å². The van der Waals surface area contributed by atoms with Crippen LogP contribution in [-0.4, -0.2) is 46.8 Å². The average molecular weight is 218 g/mol. The molecule has 0 radical (unpaired) electrons. The largest absolute Gasteiger partial charge is 0.394 e. The molecule has 0 aliphatic carbocycles. The van der Waals surface area contributed by atoms with E-state index in [-0.39, 0.29) is 12.7 Å². The zero-order chi connectivity index (χ0) is 11.6. The molecule has 1 aliphatic heterocycles. The van der Waals surface area contributed by atoms with Gasteiger partial charge in [-0.3, -0.25) is 0 Å². The number of aliphatic hydroxyl groups excluding tert-OH is 2. The first kappa shape index (κ1) is 12.9. The second kappa shape index (κ2) is 4.78. The van der Waals surface area contributed by atoms with Crippen molar-refractivity contribution in [2.24, 2.45) is 0 Å². The van der Waals surface area contributed by atoms with Crippen molar-refractivity contribution < 1.29 is 19.7 Å². The Morgan fingerprint density at radius 3 is 2.53 bits per heavy atom. The van der Waals surface area contributed by atoms with Crippen molar-refractivity contribution in [3.05, 3.63) is 0 Å². The third kappa shape index (κ3) is 3.41. The molecule has 1 rings (SSSR count). The Balaban J connectivity index is 2.69. The van der Waals surface area contributed by atoms with Gasteiger partial charge in [0.15, 0.2) is 0 Å². The van der Waals surface area contributed by atoms with Gasteiger partial charge in [-0.05, 0) is 27.7 Å². The zero-order valence-electron chi connectivity index (χ0n) is 9.93. The van der Waals surface area contributed by atoms with Gasteiger partial charge in [-0.15, -0.1) is 0 Å². The molecule has 1 fully saturated rings. The van der Waals surface area contributed by atoms with Crippen molar-refractivity contribution in [2.45, 2.75) is 64.1 Å². The number of rotatable bonds is 3. The predicted molar refractivity (Wildman–Crippen MR) is 56.7 cm³/mol. The Morgan fingerprint density at radius 1 is 1.47 bits per heavy atom. The Bertz CT molecular complexity index is 203. The minimum Gasteiger partial charge on any atom is -0.394 e. The maximum absolute atomic E-state index is 9.94. The highest BCUT2D eigenvalue weighted by atomic mass is 16.6. The normalized spacial score (nSPS) is 35.8. The Morgan fingerprint density at radius 2 is 2.07 bits per heavy atom. The number of hydrogen-bond donors (Lipinski definition) is 2. The van der Waals surface area contributed by atoms with Crippen LogP contribution in [0, 0.1) is 0 Å². The molecule has 0 aromatic carbocycles. The van der Waals surface area contributed by atoms with Crippen LogP contribution in [0.1, 0.15) is 34.1 Å². The van der Waals surface area contributed by atoms with Gasteiger partial charge in [-0.2, -0.15) is 0 Å². The van der Waals surface area contributed by atoms with Crippen LogP contribution in [0.5, 0.6) is 0 Å². The highest BCUT2D eigenvalue weighted by molar-refractivity contribution is 4.91. The fourth-order valence-corrected chi connectivity index (χ4v) is 2.03. The molecule has 0 spiro atoms. The smallest absolute Gasteiger partial charge is 0.112 e. The standard InChI is InChI=1S/C11H22O4/c1-7(2)14-10-8(13)5-11(3,4)15-9(10)6-12/h7-10,12-13H,5-6H2,1-4H3/t8-,9?,10?/m0/s1. The van der Waals surface area contributed by atoms with Gasteiger partial charge in [0.25, 0.3) is 0 Å². The highest BCUT2D eigenvalue weighted by Gasteiger charge is 2.42. The van der Waals surface area contributed by atoms with E-state index in [0.717, 1.165) is 0 Å². The van der Waals surface area contributed by atoms with E-state index in [9.17, 15) is 10.2 Å². The summed E-state index contributed by atoms with van der Waals surface area (Å²) < 4.78 is 11.2. The van der Waals surface area contributed by atoms with Gasteiger partial charge in [0, 0.05) is 6.42 Å². The Labute approximate surface area is 91.2 Å². The van der Waals surface area contributed by atoms with E-state index in [4.69, 9.17) is 9.47 Å². The first-order valence-corrected chi connectivity index (χ1v) is 5.48. The van der Waals surface area contributed by atoms with E-state index in [1.54, 1.807) is 0 Å². The van der Waals surface area contributed by atoms with E-state index < -0.39 is 23.9 Å². The fraction of sp³-hybridized carbons (Fsp3) is 1.00. The van der Waals surface area contributed by atoms with Crippen LogP contribution in [0.25, 0.3) is 0 Å². The second-order valence-electron chi connectivity index (χ2n) is 5.02. The van der Waals surface area contributed by atoms with Gasteiger partial charge in [-0.1, -0.05) is 0 Å². The lowest BCUT2D eigenvalue weighted by Gasteiger charge is -2.43. The third-order valence-electron chi connectivity index (χ3n) is 2.53. The van der Waals surface area contributed by atoms with E-state index >= 15 is 0 Å². The molecule has 1 saturated heterocycles. The lowest BCUT2D eigenvalue weighted by molar-refractivity contribution is -0.233. The second-order valence-corrected chi connectivity index (χ2v) is 5.02. The van der Waals surface area contributed by atoms with E-state index in [2.05, 4.69) is 0 Å².